The number of thiazole rings is 1. The van der Waals surface area contributed by atoms with Crippen LogP contribution in [0.5, 0.6) is 11.5 Å². The van der Waals surface area contributed by atoms with E-state index < -0.39 is 0 Å². The van der Waals surface area contributed by atoms with Crippen LogP contribution in [0.3, 0.4) is 0 Å². The first-order valence-electron chi connectivity index (χ1n) is 10.8. The second-order valence-electron chi connectivity index (χ2n) is 7.43. The molecule has 3 aromatic rings. The molecule has 30 heavy (non-hydrogen) atoms. The van der Waals surface area contributed by atoms with Crippen molar-refractivity contribution in [3.05, 3.63) is 65.2 Å². The minimum atomic E-state index is 0.792. The lowest BCUT2D eigenvalue weighted by Gasteiger charge is -2.08. The zero-order valence-corrected chi connectivity index (χ0v) is 18.8. The number of rotatable bonds is 13. The van der Waals surface area contributed by atoms with Gasteiger partial charge in [-0.25, -0.2) is 4.98 Å². The van der Waals surface area contributed by atoms with E-state index in [-0.39, 0.29) is 0 Å². The van der Waals surface area contributed by atoms with Crippen LogP contribution in [0.15, 0.2) is 53.9 Å². The molecule has 0 saturated heterocycles. The third-order valence-corrected chi connectivity index (χ3v) is 5.77. The molecule has 5 heteroatoms. The molecule has 0 unspecified atom stereocenters. The monoisotopic (exact) mass is 424 g/mol. The van der Waals surface area contributed by atoms with E-state index in [1.807, 2.05) is 36.4 Å². The molecule has 0 aliphatic heterocycles. The van der Waals surface area contributed by atoms with E-state index in [0.29, 0.717) is 0 Å². The first kappa shape index (κ1) is 22.2. The van der Waals surface area contributed by atoms with Crippen molar-refractivity contribution in [2.75, 3.05) is 19.0 Å². The first-order chi connectivity index (χ1) is 14.8. The number of unbranched alkanes of at least 4 members (excludes halogenated alkanes) is 5. The summed E-state index contributed by atoms with van der Waals surface area (Å²) < 4.78 is 11.1. The van der Waals surface area contributed by atoms with E-state index >= 15 is 0 Å². The fourth-order valence-corrected chi connectivity index (χ4v) is 3.96. The van der Waals surface area contributed by atoms with Crippen LogP contribution in [-0.2, 0) is 6.42 Å². The standard InChI is InChI=1S/C25H32N2O2S/c1-3-4-5-6-7-8-17-29-24-15-11-21(12-16-24)26-25-27-22(19-30-25)18-20-9-13-23(28-2)14-10-20/h9-16,19H,3-8,17-18H2,1-2H3,(H,26,27). The number of anilines is 2. The van der Waals surface area contributed by atoms with E-state index in [1.54, 1.807) is 18.4 Å². The predicted octanol–water partition coefficient (Wildman–Crippen LogP) is 7.23. The van der Waals surface area contributed by atoms with Crippen LogP contribution in [0.4, 0.5) is 10.8 Å². The number of ether oxygens (including phenoxy) is 2. The first-order valence-corrected chi connectivity index (χ1v) is 11.7. The van der Waals surface area contributed by atoms with Gasteiger partial charge in [0.05, 0.1) is 19.4 Å². The Balaban J connectivity index is 1.42. The highest BCUT2D eigenvalue weighted by molar-refractivity contribution is 7.13. The second-order valence-corrected chi connectivity index (χ2v) is 8.29. The molecule has 0 fully saturated rings. The van der Waals surface area contributed by atoms with Gasteiger partial charge in [0.1, 0.15) is 11.5 Å². The van der Waals surface area contributed by atoms with Crippen molar-refractivity contribution in [2.45, 2.75) is 51.9 Å². The molecule has 0 aliphatic carbocycles. The molecule has 160 valence electrons. The van der Waals surface area contributed by atoms with Crippen molar-refractivity contribution in [1.82, 2.24) is 4.98 Å². The Labute approximate surface area is 184 Å². The summed E-state index contributed by atoms with van der Waals surface area (Å²) in [6, 6.07) is 16.2. The van der Waals surface area contributed by atoms with E-state index in [2.05, 4.69) is 29.8 Å². The highest BCUT2D eigenvalue weighted by Crippen LogP contribution is 2.24. The Kier molecular flexibility index (Phi) is 9.04. The van der Waals surface area contributed by atoms with Crippen LogP contribution in [0.2, 0.25) is 0 Å². The number of hydrogen-bond acceptors (Lipinski definition) is 5. The highest BCUT2D eigenvalue weighted by Gasteiger charge is 2.05. The maximum atomic E-state index is 5.86. The van der Waals surface area contributed by atoms with Gasteiger partial charge >= 0.3 is 0 Å². The summed E-state index contributed by atoms with van der Waals surface area (Å²) in [6.07, 6.45) is 8.48. The van der Waals surface area contributed by atoms with Gasteiger partial charge in [0.25, 0.3) is 0 Å². The van der Waals surface area contributed by atoms with Gasteiger partial charge < -0.3 is 14.8 Å². The molecule has 1 aromatic heterocycles. The normalized spacial score (nSPS) is 10.7. The molecule has 0 bridgehead atoms. The molecule has 0 saturated carbocycles. The fourth-order valence-electron chi connectivity index (χ4n) is 3.23. The Morgan fingerprint density at radius 1 is 0.867 bits per heavy atom. The van der Waals surface area contributed by atoms with E-state index in [1.165, 1.54) is 37.7 Å². The SMILES string of the molecule is CCCCCCCCOc1ccc(Nc2nc(Cc3ccc(OC)cc3)cs2)cc1. The number of nitrogens with one attached hydrogen (secondary N) is 1. The number of methoxy groups -OCH3 is 1. The molecule has 4 nitrogen and oxygen atoms in total. The molecular weight excluding hydrogens is 392 g/mol. The van der Waals surface area contributed by atoms with Gasteiger partial charge in [0.15, 0.2) is 5.13 Å². The van der Waals surface area contributed by atoms with Crippen LogP contribution >= 0.6 is 11.3 Å². The van der Waals surface area contributed by atoms with Crippen LogP contribution < -0.4 is 14.8 Å². The minimum Gasteiger partial charge on any atom is -0.497 e. The molecule has 2 aromatic carbocycles. The van der Waals surface area contributed by atoms with Crippen molar-refractivity contribution >= 4 is 22.2 Å². The van der Waals surface area contributed by atoms with Crippen molar-refractivity contribution in [1.29, 1.82) is 0 Å². The zero-order chi connectivity index (χ0) is 21.0. The fraction of sp³-hybridized carbons (Fsp3) is 0.400. The van der Waals surface area contributed by atoms with Crippen molar-refractivity contribution in [3.63, 3.8) is 0 Å². The third kappa shape index (κ3) is 7.38. The average Bonchev–Trinajstić information content (AvgIpc) is 3.21. The molecular formula is C25H32N2O2S. The van der Waals surface area contributed by atoms with E-state index in [9.17, 15) is 0 Å². The quantitative estimate of drug-likeness (QED) is 0.294. The lowest BCUT2D eigenvalue weighted by Crippen LogP contribution is -1.97. The third-order valence-electron chi connectivity index (χ3n) is 4.97. The van der Waals surface area contributed by atoms with Gasteiger partial charge in [0.2, 0.25) is 0 Å². The smallest absolute Gasteiger partial charge is 0.187 e. The highest BCUT2D eigenvalue weighted by atomic mass is 32.1. The second kappa shape index (κ2) is 12.2. The summed E-state index contributed by atoms with van der Waals surface area (Å²) in [6.45, 7) is 3.04. The molecule has 0 radical (unpaired) electrons. The maximum Gasteiger partial charge on any atom is 0.187 e. The van der Waals surface area contributed by atoms with Crippen LogP contribution in [0, 0.1) is 0 Å². The minimum absolute atomic E-state index is 0.792. The van der Waals surface area contributed by atoms with Crippen LogP contribution in [0.25, 0.3) is 0 Å². The maximum absolute atomic E-state index is 5.86. The molecule has 3 rings (SSSR count). The summed E-state index contributed by atoms with van der Waals surface area (Å²) in [5, 5.41) is 6.39. The zero-order valence-electron chi connectivity index (χ0n) is 18.0. The predicted molar refractivity (Wildman–Crippen MR) is 127 cm³/mol. The van der Waals surface area contributed by atoms with Gasteiger partial charge in [0, 0.05) is 17.5 Å². The van der Waals surface area contributed by atoms with Crippen molar-refractivity contribution in [3.8, 4) is 11.5 Å². The number of nitrogens with zero attached hydrogens (tertiary/aromatic N) is 1. The Hall–Kier alpha value is -2.53. The lowest BCUT2D eigenvalue weighted by molar-refractivity contribution is 0.304. The van der Waals surface area contributed by atoms with Gasteiger partial charge in [-0.2, -0.15) is 0 Å². The van der Waals surface area contributed by atoms with Gasteiger partial charge in [-0.15, -0.1) is 11.3 Å². The summed E-state index contributed by atoms with van der Waals surface area (Å²) in [5.41, 5.74) is 3.30. The number of hydrogen-bond donors (Lipinski definition) is 1. The largest absolute Gasteiger partial charge is 0.497 e. The summed E-state index contributed by atoms with van der Waals surface area (Å²) >= 11 is 1.62. The van der Waals surface area contributed by atoms with Gasteiger partial charge in [-0.3, -0.25) is 0 Å². The molecule has 0 atom stereocenters. The van der Waals surface area contributed by atoms with Crippen molar-refractivity contribution < 1.29 is 9.47 Å². The number of benzene rings is 2. The van der Waals surface area contributed by atoms with Crippen LogP contribution in [-0.4, -0.2) is 18.7 Å². The molecule has 0 amide bonds. The van der Waals surface area contributed by atoms with E-state index in [0.717, 1.165) is 47.5 Å². The van der Waals surface area contributed by atoms with E-state index in [4.69, 9.17) is 14.5 Å². The number of aromatic nitrogens is 1. The Bertz CT molecular complexity index is 860. The summed E-state index contributed by atoms with van der Waals surface area (Å²) in [4.78, 5) is 4.70. The molecule has 0 aliphatic rings. The summed E-state index contributed by atoms with van der Waals surface area (Å²) in [7, 11) is 1.68. The molecule has 1 heterocycles. The summed E-state index contributed by atoms with van der Waals surface area (Å²) in [5.74, 6) is 1.80. The molecule has 1 N–H and O–H groups in total. The Morgan fingerprint density at radius 3 is 2.30 bits per heavy atom. The van der Waals surface area contributed by atoms with Gasteiger partial charge in [-0.05, 0) is 48.4 Å². The van der Waals surface area contributed by atoms with Crippen LogP contribution in [0.1, 0.15) is 56.7 Å². The topological polar surface area (TPSA) is 43.4 Å². The van der Waals surface area contributed by atoms with Gasteiger partial charge in [-0.1, -0.05) is 51.2 Å². The molecule has 0 spiro atoms. The lowest BCUT2D eigenvalue weighted by atomic mass is 10.1. The van der Waals surface area contributed by atoms with Crippen molar-refractivity contribution in [2.24, 2.45) is 0 Å². The average molecular weight is 425 g/mol. The Morgan fingerprint density at radius 2 is 1.57 bits per heavy atom.